The molecule has 3 N–H and O–H groups in total. The minimum absolute atomic E-state index is 0.0454. The van der Waals surface area contributed by atoms with Crippen LogP contribution in [0, 0.1) is 5.92 Å². The Bertz CT molecular complexity index is 619. The van der Waals surface area contributed by atoms with E-state index < -0.39 is 30.4 Å². The number of amides is 2. The molecular formula is C15H18Cl2N2O4. The summed E-state index contributed by atoms with van der Waals surface area (Å²) in [6.07, 6.45) is 0.102. The van der Waals surface area contributed by atoms with Gasteiger partial charge in [-0.05, 0) is 30.5 Å². The third-order valence-electron chi connectivity index (χ3n) is 3.11. The molecule has 2 amide bonds. The maximum absolute atomic E-state index is 12.7. The lowest BCUT2D eigenvalue weighted by atomic mass is 10.0. The van der Waals surface area contributed by atoms with Gasteiger partial charge in [0.05, 0.1) is 17.1 Å². The van der Waals surface area contributed by atoms with Crippen LogP contribution in [0.1, 0.15) is 30.6 Å². The first-order valence-corrected chi connectivity index (χ1v) is 7.68. The third kappa shape index (κ3) is 4.92. The number of carboxylic acids is 1. The summed E-state index contributed by atoms with van der Waals surface area (Å²) < 4.78 is 0. The lowest BCUT2D eigenvalue weighted by molar-refractivity contribution is -0.148. The van der Waals surface area contributed by atoms with E-state index in [1.807, 2.05) is 0 Å². The number of benzene rings is 1. The molecule has 1 aromatic carbocycles. The Labute approximate surface area is 144 Å². The van der Waals surface area contributed by atoms with E-state index >= 15 is 0 Å². The highest BCUT2D eigenvalue weighted by atomic mass is 35.5. The van der Waals surface area contributed by atoms with Crippen molar-refractivity contribution in [2.75, 3.05) is 6.54 Å². The van der Waals surface area contributed by atoms with E-state index in [0.29, 0.717) is 4.90 Å². The minimum Gasteiger partial charge on any atom is -0.480 e. The number of carbonyl (C=O) groups excluding carboxylic acids is 2. The van der Waals surface area contributed by atoms with Crippen LogP contribution in [0.2, 0.25) is 10.0 Å². The van der Waals surface area contributed by atoms with Crippen molar-refractivity contribution in [1.82, 2.24) is 4.90 Å². The predicted molar refractivity (Wildman–Crippen MR) is 87.6 cm³/mol. The molecule has 0 fully saturated rings. The molecule has 23 heavy (non-hydrogen) atoms. The fourth-order valence-electron chi connectivity index (χ4n) is 2.08. The lowest BCUT2D eigenvalue weighted by Gasteiger charge is -2.28. The van der Waals surface area contributed by atoms with Crippen molar-refractivity contribution in [3.05, 3.63) is 33.8 Å². The van der Waals surface area contributed by atoms with Gasteiger partial charge in [-0.25, -0.2) is 4.79 Å². The summed E-state index contributed by atoms with van der Waals surface area (Å²) in [5, 5.41) is 9.73. The Hall–Kier alpha value is -1.63. The number of hydrogen-bond acceptors (Lipinski definition) is 4. The summed E-state index contributed by atoms with van der Waals surface area (Å²) >= 11 is 11.8. The molecule has 126 valence electrons. The van der Waals surface area contributed by atoms with Gasteiger partial charge in [-0.15, -0.1) is 0 Å². The molecular weight excluding hydrogens is 343 g/mol. The number of nitrogens with two attached hydrogens (primary N) is 1. The van der Waals surface area contributed by atoms with Gasteiger partial charge in [-0.1, -0.05) is 37.0 Å². The number of imide groups is 1. The van der Waals surface area contributed by atoms with Crippen LogP contribution in [0.15, 0.2) is 18.2 Å². The predicted octanol–water partition coefficient (Wildman–Crippen LogP) is 2.42. The molecule has 0 spiro atoms. The Kier molecular flexibility index (Phi) is 7.00. The molecule has 1 rings (SSSR count). The number of halogens is 2. The van der Waals surface area contributed by atoms with Crippen molar-refractivity contribution in [3.8, 4) is 0 Å². The van der Waals surface area contributed by atoms with E-state index in [2.05, 4.69) is 0 Å². The topological polar surface area (TPSA) is 101 Å². The van der Waals surface area contributed by atoms with Gasteiger partial charge in [0.25, 0.3) is 5.91 Å². The molecule has 0 heterocycles. The summed E-state index contributed by atoms with van der Waals surface area (Å²) in [4.78, 5) is 37.0. The van der Waals surface area contributed by atoms with Crippen molar-refractivity contribution in [1.29, 1.82) is 0 Å². The van der Waals surface area contributed by atoms with Crippen LogP contribution in [-0.4, -0.2) is 40.4 Å². The lowest BCUT2D eigenvalue weighted by Crippen LogP contribution is -2.51. The molecule has 0 saturated carbocycles. The smallest absolute Gasteiger partial charge is 0.326 e. The van der Waals surface area contributed by atoms with Gasteiger partial charge in [-0.2, -0.15) is 0 Å². The molecule has 1 atom stereocenters. The monoisotopic (exact) mass is 360 g/mol. The highest BCUT2D eigenvalue weighted by molar-refractivity contribution is 6.36. The summed E-state index contributed by atoms with van der Waals surface area (Å²) in [5.41, 5.74) is 5.28. The van der Waals surface area contributed by atoms with Crippen molar-refractivity contribution in [2.24, 2.45) is 11.7 Å². The Morgan fingerprint density at radius 3 is 2.35 bits per heavy atom. The third-order valence-corrected chi connectivity index (χ3v) is 3.68. The largest absolute Gasteiger partial charge is 0.480 e. The number of nitrogens with zero attached hydrogens (tertiary/aromatic N) is 1. The average molecular weight is 361 g/mol. The molecule has 6 nitrogen and oxygen atoms in total. The molecule has 0 radical (unpaired) electrons. The normalized spacial score (nSPS) is 12.1. The zero-order chi connectivity index (χ0) is 17.7. The number of rotatable bonds is 6. The summed E-state index contributed by atoms with van der Waals surface area (Å²) in [5.74, 6) is -2.96. The maximum atomic E-state index is 12.7. The van der Waals surface area contributed by atoms with Crippen LogP contribution < -0.4 is 5.73 Å². The van der Waals surface area contributed by atoms with E-state index in [4.69, 9.17) is 28.9 Å². The molecule has 0 aromatic heterocycles. The zero-order valence-electron chi connectivity index (χ0n) is 12.8. The van der Waals surface area contributed by atoms with E-state index in [0.717, 1.165) is 0 Å². The molecule has 0 saturated heterocycles. The van der Waals surface area contributed by atoms with Gasteiger partial charge in [0.1, 0.15) is 6.04 Å². The number of carbonyl (C=O) groups is 3. The van der Waals surface area contributed by atoms with Crippen LogP contribution in [0.3, 0.4) is 0 Å². The molecule has 0 bridgehead atoms. The van der Waals surface area contributed by atoms with Crippen LogP contribution >= 0.6 is 23.2 Å². The highest BCUT2D eigenvalue weighted by Gasteiger charge is 2.35. The van der Waals surface area contributed by atoms with Gasteiger partial charge in [0, 0.05) is 5.02 Å². The van der Waals surface area contributed by atoms with E-state index in [1.54, 1.807) is 13.8 Å². The van der Waals surface area contributed by atoms with Crippen molar-refractivity contribution in [2.45, 2.75) is 26.3 Å². The van der Waals surface area contributed by atoms with E-state index in [1.165, 1.54) is 18.2 Å². The van der Waals surface area contributed by atoms with Gasteiger partial charge in [0.15, 0.2) is 0 Å². The molecule has 0 aliphatic carbocycles. The Morgan fingerprint density at radius 1 is 1.26 bits per heavy atom. The second-order valence-corrected chi connectivity index (χ2v) is 6.22. The second kappa shape index (κ2) is 8.29. The number of hydrogen-bond donors (Lipinski definition) is 2. The summed E-state index contributed by atoms with van der Waals surface area (Å²) in [6.45, 7) is 3.08. The minimum atomic E-state index is -1.33. The zero-order valence-corrected chi connectivity index (χ0v) is 14.3. The van der Waals surface area contributed by atoms with Gasteiger partial charge in [-0.3, -0.25) is 14.5 Å². The Morgan fingerprint density at radius 2 is 1.87 bits per heavy atom. The van der Waals surface area contributed by atoms with Crippen molar-refractivity contribution in [3.63, 3.8) is 0 Å². The van der Waals surface area contributed by atoms with Crippen LogP contribution in [0.4, 0.5) is 0 Å². The molecule has 0 aliphatic heterocycles. The molecule has 8 heteroatoms. The van der Waals surface area contributed by atoms with Crippen LogP contribution in [0.25, 0.3) is 0 Å². The van der Waals surface area contributed by atoms with Crippen molar-refractivity contribution >= 4 is 41.0 Å². The fraction of sp³-hybridized carbons (Fsp3) is 0.400. The van der Waals surface area contributed by atoms with E-state index in [9.17, 15) is 19.5 Å². The summed E-state index contributed by atoms with van der Waals surface area (Å²) in [7, 11) is 0. The second-order valence-electron chi connectivity index (χ2n) is 5.38. The SMILES string of the molecule is CC(C)CC(C(=O)O)N(C(=O)CN)C(=O)c1cc(Cl)ccc1Cl. The number of carboxylic acid groups (broad SMARTS) is 1. The van der Waals surface area contributed by atoms with Gasteiger partial charge in [0.2, 0.25) is 5.91 Å². The van der Waals surface area contributed by atoms with Crippen LogP contribution in [-0.2, 0) is 9.59 Å². The quantitative estimate of drug-likeness (QED) is 0.810. The van der Waals surface area contributed by atoms with E-state index in [-0.39, 0.29) is 27.9 Å². The number of aliphatic carboxylic acids is 1. The molecule has 1 aromatic rings. The molecule has 1 unspecified atom stereocenters. The first kappa shape index (κ1) is 19.4. The highest BCUT2D eigenvalue weighted by Crippen LogP contribution is 2.24. The standard InChI is InChI=1S/C15H18Cl2N2O4/c1-8(2)5-12(15(22)23)19(13(20)7-18)14(21)10-6-9(16)3-4-11(10)17/h3-4,6,8,12H,5,7,18H2,1-2H3,(H,22,23). The molecule has 0 aliphatic rings. The Balaban J connectivity index is 3.34. The average Bonchev–Trinajstić information content (AvgIpc) is 2.47. The first-order valence-electron chi connectivity index (χ1n) is 6.93. The summed E-state index contributed by atoms with van der Waals surface area (Å²) in [6, 6.07) is 2.85. The van der Waals surface area contributed by atoms with Gasteiger partial charge >= 0.3 is 5.97 Å². The first-order chi connectivity index (χ1) is 10.7. The maximum Gasteiger partial charge on any atom is 0.326 e. The van der Waals surface area contributed by atoms with Gasteiger partial charge < -0.3 is 10.8 Å². The fourth-order valence-corrected chi connectivity index (χ4v) is 2.45. The van der Waals surface area contributed by atoms with Crippen LogP contribution in [0.5, 0.6) is 0 Å². The van der Waals surface area contributed by atoms with Crippen molar-refractivity contribution < 1.29 is 19.5 Å².